The second kappa shape index (κ2) is 2.46. The number of hydrogen-bond donors (Lipinski definition) is 2. The minimum atomic E-state index is -2.42. The van der Waals surface area contributed by atoms with E-state index >= 15 is 0 Å². The molecule has 4 heteroatoms. The molecular weight excluding hydrogens is 111 g/mol. The van der Waals surface area contributed by atoms with Gasteiger partial charge in [0.15, 0.2) is 0 Å². The summed E-state index contributed by atoms with van der Waals surface area (Å²) in [5.41, 5.74) is 5.09. The van der Waals surface area contributed by atoms with Crippen LogP contribution in [-0.2, 0) is 4.57 Å². The fraction of sp³-hybridized carbons (Fsp3) is 1.00. The van der Waals surface area contributed by atoms with Crippen LogP contribution in [-0.4, -0.2) is 13.2 Å². The molecule has 0 aliphatic carbocycles. The lowest BCUT2D eigenvalue weighted by molar-refractivity contribution is 0.571. The molecule has 0 saturated heterocycles. The SMILES string of the molecule is CCNP(C)(N)=O. The summed E-state index contributed by atoms with van der Waals surface area (Å²) in [6.45, 7) is 4.03. The van der Waals surface area contributed by atoms with Crippen LogP contribution in [0.3, 0.4) is 0 Å². The Hall–Kier alpha value is 0.150. The van der Waals surface area contributed by atoms with Gasteiger partial charge in [-0.3, -0.25) is 15.2 Å². The molecule has 0 aliphatic heterocycles. The number of nitrogens with two attached hydrogens (primary N) is 1. The van der Waals surface area contributed by atoms with E-state index < -0.39 is 7.44 Å². The Morgan fingerprint density at radius 3 is 2.29 bits per heavy atom. The maximum absolute atomic E-state index is 10.5. The van der Waals surface area contributed by atoms with Crippen molar-refractivity contribution in [3.05, 3.63) is 0 Å². The van der Waals surface area contributed by atoms with Gasteiger partial charge in [0.2, 0.25) is 7.44 Å². The molecule has 44 valence electrons. The quantitative estimate of drug-likeness (QED) is 0.520. The zero-order valence-electron chi connectivity index (χ0n) is 4.64. The van der Waals surface area contributed by atoms with Crippen LogP contribution in [0.5, 0.6) is 0 Å². The molecule has 0 aliphatic rings. The summed E-state index contributed by atoms with van der Waals surface area (Å²) in [6.07, 6.45) is 0. The highest BCUT2D eigenvalue weighted by atomic mass is 31.2. The van der Waals surface area contributed by atoms with Gasteiger partial charge in [0.05, 0.1) is 0 Å². The molecule has 1 atom stereocenters. The van der Waals surface area contributed by atoms with Crippen molar-refractivity contribution in [2.24, 2.45) is 5.50 Å². The van der Waals surface area contributed by atoms with Crippen LogP contribution in [0.1, 0.15) is 6.92 Å². The second-order valence-electron chi connectivity index (χ2n) is 1.50. The molecule has 0 aromatic rings. The Kier molecular flexibility index (Phi) is 2.51. The Labute approximate surface area is 43.8 Å². The highest BCUT2D eigenvalue weighted by Gasteiger charge is 2.00. The van der Waals surface area contributed by atoms with Crippen LogP contribution in [0.25, 0.3) is 0 Å². The predicted molar refractivity (Wildman–Crippen MR) is 31.4 cm³/mol. The van der Waals surface area contributed by atoms with E-state index in [4.69, 9.17) is 5.50 Å². The highest BCUT2D eigenvalue weighted by molar-refractivity contribution is 7.58. The van der Waals surface area contributed by atoms with Crippen molar-refractivity contribution in [2.45, 2.75) is 6.92 Å². The molecule has 0 aromatic heterocycles. The summed E-state index contributed by atoms with van der Waals surface area (Å²) < 4.78 is 10.5. The molecule has 0 radical (unpaired) electrons. The molecule has 3 nitrogen and oxygen atoms in total. The van der Waals surface area contributed by atoms with Crippen LogP contribution in [0.2, 0.25) is 0 Å². The van der Waals surface area contributed by atoms with Crippen molar-refractivity contribution < 1.29 is 4.57 Å². The third-order valence-corrected chi connectivity index (χ3v) is 1.42. The summed E-state index contributed by atoms with van der Waals surface area (Å²) in [6, 6.07) is 0. The minimum absolute atomic E-state index is 0.671. The van der Waals surface area contributed by atoms with E-state index in [1.807, 2.05) is 6.92 Å². The van der Waals surface area contributed by atoms with Crippen molar-refractivity contribution in [3.63, 3.8) is 0 Å². The topological polar surface area (TPSA) is 55.1 Å². The molecule has 0 heterocycles. The molecule has 0 bridgehead atoms. The van der Waals surface area contributed by atoms with Gasteiger partial charge in [0.1, 0.15) is 0 Å². The number of nitrogens with one attached hydrogen (secondary N) is 1. The van der Waals surface area contributed by atoms with Crippen molar-refractivity contribution >= 4 is 7.44 Å². The maximum atomic E-state index is 10.5. The molecule has 0 spiro atoms. The van der Waals surface area contributed by atoms with Gasteiger partial charge < -0.3 is 0 Å². The monoisotopic (exact) mass is 122 g/mol. The van der Waals surface area contributed by atoms with E-state index in [9.17, 15) is 4.57 Å². The van der Waals surface area contributed by atoms with E-state index in [1.165, 1.54) is 6.66 Å². The first-order valence-corrected chi connectivity index (χ1v) is 4.40. The highest BCUT2D eigenvalue weighted by Crippen LogP contribution is 2.22. The minimum Gasteiger partial charge on any atom is -0.290 e. The lowest BCUT2D eigenvalue weighted by Gasteiger charge is -2.03. The third-order valence-electron chi connectivity index (χ3n) is 0.472. The molecule has 0 rings (SSSR count). The van der Waals surface area contributed by atoms with Crippen molar-refractivity contribution in [1.82, 2.24) is 5.09 Å². The van der Waals surface area contributed by atoms with E-state index in [0.29, 0.717) is 6.54 Å². The summed E-state index contributed by atoms with van der Waals surface area (Å²) in [5.74, 6) is 0. The summed E-state index contributed by atoms with van der Waals surface area (Å²) in [4.78, 5) is 0. The van der Waals surface area contributed by atoms with Crippen LogP contribution >= 0.6 is 7.44 Å². The number of rotatable bonds is 2. The first-order valence-electron chi connectivity index (χ1n) is 2.17. The molecule has 0 aromatic carbocycles. The molecule has 0 amide bonds. The first kappa shape index (κ1) is 7.15. The fourth-order valence-corrected chi connectivity index (χ4v) is 0.942. The van der Waals surface area contributed by atoms with E-state index in [2.05, 4.69) is 5.09 Å². The Bertz CT molecular complexity index is 86.9. The van der Waals surface area contributed by atoms with Crippen LogP contribution < -0.4 is 10.6 Å². The van der Waals surface area contributed by atoms with Gasteiger partial charge in [-0.25, -0.2) is 0 Å². The average Bonchev–Trinajstić information content (AvgIpc) is 1.30. The molecule has 3 N–H and O–H groups in total. The van der Waals surface area contributed by atoms with Crippen LogP contribution in [0.4, 0.5) is 0 Å². The van der Waals surface area contributed by atoms with Gasteiger partial charge in [-0.2, -0.15) is 0 Å². The van der Waals surface area contributed by atoms with E-state index in [-0.39, 0.29) is 0 Å². The Morgan fingerprint density at radius 1 is 1.86 bits per heavy atom. The first-order chi connectivity index (χ1) is 3.06. The normalized spacial score (nSPS) is 18.7. The second-order valence-corrected chi connectivity index (χ2v) is 3.80. The Balaban J connectivity index is 3.36. The van der Waals surface area contributed by atoms with E-state index in [1.54, 1.807) is 0 Å². The molecular formula is C3H11N2OP. The summed E-state index contributed by atoms with van der Waals surface area (Å²) in [7, 11) is -2.42. The average molecular weight is 122 g/mol. The lowest BCUT2D eigenvalue weighted by atomic mass is 10.8. The van der Waals surface area contributed by atoms with E-state index in [0.717, 1.165) is 0 Å². The largest absolute Gasteiger partial charge is 0.290 e. The summed E-state index contributed by atoms with van der Waals surface area (Å²) >= 11 is 0. The Morgan fingerprint density at radius 2 is 2.29 bits per heavy atom. The van der Waals surface area contributed by atoms with Gasteiger partial charge in [0.25, 0.3) is 0 Å². The van der Waals surface area contributed by atoms with Gasteiger partial charge >= 0.3 is 0 Å². The van der Waals surface area contributed by atoms with Gasteiger partial charge in [-0.1, -0.05) is 6.92 Å². The molecule has 7 heavy (non-hydrogen) atoms. The molecule has 1 unspecified atom stereocenters. The van der Waals surface area contributed by atoms with Crippen LogP contribution in [0.15, 0.2) is 0 Å². The smallest absolute Gasteiger partial charge is 0.205 e. The predicted octanol–water partition coefficient (Wildman–Crippen LogP) is 0.378. The van der Waals surface area contributed by atoms with Crippen molar-refractivity contribution in [3.8, 4) is 0 Å². The standard InChI is InChI=1S/C3H11N2OP/c1-3-5-7(2,4)6/h3H2,1-2H3,(H3,4,5,6). The zero-order valence-corrected chi connectivity index (χ0v) is 5.53. The third kappa shape index (κ3) is 6.15. The van der Waals surface area contributed by atoms with Gasteiger partial charge in [0, 0.05) is 6.66 Å². The maximum Gasteiger partial charge on any atom is 0.205 e. The van der Waals surface area contributed by atoms with Crippen molar-refractivity contribution in [2.75, 3.05) is 13.2 Å². The summed E-state index contributed by atoms with van der Waals surface area (Å²) in [5, 5.41) is 2.62. The molecule has 0 fully saturated rings. The fourth-order valence-electron chi connectivity index (χ4n) is 0.314. The van der Waals surface area contributed by atoms with Crippen molar-refractivity contribution in [1.29, 1.82) is 0 Å². The molecule has 0 saturated carbocycles. The zero-order chi connectivity index (χ0) is 5.91. The van der Waals surface area contributed by atoms with Crippen LogP contribution in [0, 0.1) is 0 Å². The number of hydrogen-bond acceptors (Lipinski definition) is 1. The van der Waals surface area contributed by atoms with Gasteiger partial charge in [-0.05, 0) is 6.54 Å². The van der Waals surface area contributed by atoms with Gasteiger partial charge in [-0.15, -0.1) is 0 Å². The lowest BCUT2D eigenvalue weighted by Crippen LogP contribution is -2.13.